The van der Waals surface area contributed by atoms with Crippen LogP contribution in [0, 0.1) is 11.6 Å². The first-order valence-electron chi connectivity index (χ1n) is 5.23. The van der Waals surface area contributed by atoms with E-state index in [1.807, 2.05) is 0 Å². The van der Waals surface area contributed by atoms with Gasteiger partial charge in [0.1, 0.15) is 0 Å². The minimum Gasteiger partial charge on any atom is -0.452 e. The normalized spacial score (nSPS) is 10.6. The van der Waals surface area contributed by atoms with Gasteiger partial charge in [-0.15, -0.1) is 0 Å². The van der Waals surface area contributed by atoms with Crippen LogP contribution in [0.4, 0.5) is 8.78 Å². The number of hydrogen-bond acceptors (Lipinski definition) is 2. The monoisotopic (exact) mass is 348 g/mol. The molecule has 0 aliphatic heterocycles. The van der Waals surface area contributed by atoms with Crippen LogP contribution in [0.3, 0.4) is 0 Å². The summed E-state index contributed by atoms with van der Waals surface area (Å²) in [6.45, 7) is -0.325. The molecular formula is C13H8BrClF2O2. The van der Waals surface area contributed by atoms with Crippen molar-refractivity contribution in [3.05, 3.63) is 57.0 Å². The van der Waals surface area contributed by atoms with Gasteiger partial charge in [0.15, 0.2) is 17.3 Å². The maximum atomic E-state index is 13.6. The first-order chi connectivity index (χ1) is 9.02. The first kappa shape index (κ1) is 14.2. The Labute approximate surface area is 121 Å². The Morgan fingerprint density at radius 1 is 1.26 bits per heavy atom. The number of para-hydroxylation sites is 1. The lowest BCUT2D eigenvalue weighted by Crippen LogP contribution is -1.96. The third kappa shape index (κ3) is 3.05. The van der Waals surface area contributed by atoms with Crippen molar-refractivity contribution in [3.63, 3.8) is 0 Å². The minimum atomic E-state index is -1.12. The summed E-state index contributed by atoms with van der Waals surface area (Å²) in [5.74, 6) is -2.37. The van der Waals surface area contributed by atoms with Gasteiger partial charge in [-0.05, 0) is 18.2 Å². The fourth-order valence-corrected chi connectivity index (χ4v) is 2.15. The largest absolute Gasteiger partial charge is 0.452 e. The standard InChI is InChI=1S/C13H8BrClF2O2/c14-8-4-10(16)12(17)11(5-8)19-13-7(6-18)2-1-3-9(13)15/h1-5,18H,6H2. The lowest BCUT2D eigenvalue weighted by Gasteiger charge is -2.12. The van der Waals surface area contributed by atoms with Crippen molar-refractivity contribution in [2.45, 2.75) is 6.61 Å². The predicted molar refractivity (Wildman–Crippen MR) is 71.5 cm³/mol. The molecule has 0 aliphatic rings. The highest BCUT2D eigenvalue weighted by Crippen LogP contribution is 2.35. The molecule has 0 amide bonds. The Balaban J connectivity index is 2.47. The van der Waals surface area contributed by atoms with Crippen LogP contribution in [0.15, 0.2) is 34.8 Å². The van der Waals surface area contributed by atoms with Gasteiger partial charge in [0.2, 0.25) is 5.82 Å². The lowest BCUT2D eigenvalue weighted by molar-refractivity contribution is 0.275. The van der Waals surface area contributed by atoms with Gasteiger partial charge in [-0.3, -0.25) is 0 Å². The summed E-state index contributed by atoms with van der Waals surface area (Å²) in [4.78, 5) is 0. The van der Waals surface area contributed by atoms with E-state index in [9.17, 15) is 13.9 Å². The van der Waals surface area contributed by atoms with E-state index in [2.05, 4.69) is 15.9 Å². The molecule has 19 heavy (non-hydrogen) atoms. The number of benzene rings is 2. The second kappa shape index (κ2) is 5.86. The van der Waals surface area contributed by atoms with Crippen molar-refractivity contribution >= 4 is 27.5 Å². The third-order valence-corrected chi connectivity index (χ3v) is 3.15. The predicted octanol–water partition coefficient (Wildman–Crippen LogP) is 4.67. The molecule has 0 unspecified atom stereocenters. The molecule has 1 N–H and O–H groups in total. The van der Waals surface area contributed by atoms with Gasteiger partial charge < -0.3 is 9.84 Å². The first-order valence-corrected chi connectivity index (χ1v) is 6.40. The zero-order chi connectivity index (χ0) is 14.0. The third-order valence-electron chi connectivity index (χ3n) is 2.39. The summed E-state index contributed by atoms with van der Waals surface area (Å²) in [6, 6.07) is 7.00. The van der Waals surface area contributed by atoms with Crippen LogP contribution in [0.2, 0.25) is 5.02 Å². The van der Waals surface area contributed by atoms with Gasteiger partial charge in [-0.1, -0.05) is 39.7 Å². The Hall–Kier alpha value is -1.17. The number of rotatable bonds is 3. The minimum absolute atomic E-state index is 0.100. The molecule has 0 bridgehead atoms. The zero-order valence-electron chi connectivity index (χ0n) is 9.46. The number of hydrogen-bond donors (Lipinski definition) is 1. The summed E-state index contributed by atoms with van der Waals surface area (Å²) >= 11 is 8.97. The smallest absolute Gasteiger partial charge is 0.201 e. The number of aliphatic hydroxyl groups excluding tert-OH is 1. The van der Waals surface area contributed by atoms with Crippen LogP contribution in [0.25, 0.3) is 0 Å². The molecule has 2 aromatic carbocycles. The fourth-order valence-electron chi connectivity index (χ4n) is 1.51. The van der Waals surface area contributed by atoms with Gasteiger partial charge in [-0.25, -0.2) is 4.39 Å². The van der Waals surface area contributed by atoms with E-state index >= 15 is 0 Å². The van der Waals surface area contributed by atoms with Crippen molar-refractivity contribution in [3.8, 4) is 11.5 Å². The summed E-state index contributed by atoms with van der Waals surface area (Å²) in [6.07, 6.45) is 0. The molecule has 0 spiro atoms. The van der Waals surface area contributed by atoms with E-state index in [4.69, 9.17) is 16.3 Å². The number of halogens is 4. The molecular weight excluding hydrogens is 341 g/mol. The van der Waals surface area contributed by atoms with Crippen LogP contribution in [0.1, 0.15) is 5.56 Å². The van der Waals surface area contributed by atoms with Crippen LogP contribution < -0.4 is 4.74 Å². The van der Waals surface area contributed by atoms with Gasteiger partial charge in [-0.2, -0.15) is 4.39 Å². The zero-order valence-corrected chi connectivity index (χ0v) is 11.8. The van der Waals surface area contributed by atoms with Crippen molar-refractivity contribution in [2.24, 2.45) is 0 Å². The molecule has 0 aliphatic carbocycles. The van der Waals surface area contributed by atoms with Crippen LogP contribution in [0.5, 0.6) is 11.5 Å². The second-order valence-electron chi connectivity index (χ2n) is 3.69. The molecule has 6 heteroatoms. The number of aliphatic hydroxyl groups is 1. The highest BCUT2D eigenvalue weighted by Gasteiger charge is 2.15. The SMILES string of the molecule is OCc1cccc(Cl)c1Oc1cc(Br)cc(F)c1F. The van der Waals surface area contributed by atoms with E-state index < -0.39 is 11.6 Å². The van der Waals surface area contributed by atoms with Crippen molar-refractivity contribution in [2.75, 3.05) is 0 Å². The van der Waals surface area contributed by atoms with Crippen molar-refractivity contribution in [1.82, 2.24) is 0 Å². The molecule has 0 saturated carbocycles. The molecule has 2 rings (SSSR count). The molecule has 0 atom stereocenters. The molecule has 100 valence electrons. The van der Waals surface area contributed by atoms with Gasteiger partial charge in [0, 0.05) is 10.0 Å². The Morgan fingerprint density at radius 2 is 2.00 bits per heavy atom. The fraction of sp³-hybridized carbons (Fsp3) is 0.0769. The van der Waals surface area contributed by atoms with E-state index in [1.54, 1.807) is 12.1 Å². The second-order valence-corrected chi connectivity index (χ2v) is 5.01. The van der Waals surface area contributed by atoms with Gasteiger partial charge in [0.05, 0.1) is 11.6 Å². The summed E-state index contributed by atoms with van der Waals surface area (Å²) in [5.41, 5.74) is 0.382. The lowest BCUT2D eigenvalue weighted by atomic mass is 10.2. The molecule has 0 heterocycles. The highest BCUT2D eigenvalue weighted by atomic mass is 79.9. The molecule has 0 saturated heterocycles. The number of ether oxygens (including phenoxy) is 1. The van der Waals surface area contributed by atoms with Crippen molar-refractivity contribution in [1.29, 1.82) is 0 Å². The summed E-state index contributed by atoms with van der Waals surface area (Å²) in [5, 5.41) is 9.38. The van der Waals surface area contributed by atoms with E-state index in [0.717, 1.165) is 6.07 Å². The van der Waals surface area contributed by atoms with Crippen LogP contribution >= 0.6 is 27.5 Å². The summed E-state index contributed by atoms with van der Waals surface area (Å²) < 4.78 is 32.5. The Bertz CT molecular complexity index is 620. The van der Waals surface area contributed by atoms with Crippen LogP contribution in [-0.2, 0) is 6.61 Å². The van der Waals surface area contributed by atoms with E-state index in [0.29, 0.717) is 10.0 Å². The van der Waals surface area contributed by atoms with Crippen LogP contribution in [-0.4, -0.2) is 5.11 Å². The van der Waals surface area contributed by atoms with Gasteiger partial charge >= 0.3 is 0 Å². The average Bonchev–Trinajstić information content (AvgIpc) is 2.37. The molecule has 2 aromatic rings. The maximum Gasteiger partial charge on any atom is 0.201 e. The quantitative estimate of drug-likeness (QED) is 0.816. The van der Waals surface area contributed by atoms with E-state index in [1.165, 1.54) is 12.1 Å². The Morgan fingerprint density at radius 3 is 2.68 bits per heavy atom. The maximum absolute atomic E-state index is 13.6. The molecule has 0 radical (unpaired) electrons. The topological polar surface area (TPSA) is 29.5 Å². The molecule has 0 fully saturated rings. The molecule has 2 nitrogen and oxygen atoms in total. The average molecular weight is 350 g/mol. The van der Waals surface area contributed by atoms with Crippen molar-refractivity contribution < 1.29 is 18.6 Å². The van der Waals surface area contributed by atoms with E-state index in [-0.39, 0.29) is 23.1 Å². The highest BCUT2D eigenvalue weighted by molar-refractivity contribution is 9.10. The Kier molecular flexibility index (Phi) is 4.39. The molecule has 0 aromatic heterocycles. The summed E-state index contributed by atoms with van der Waals surface area (Å²) in [7, 11) is 0. The van der Waals surface area contributed by atoms with Gasteiger partial charge in [0.25, 0.3) is 0 Å².